The van der Waals surface area contributed by atoms with Crippen molar-refractivity contribution in [2.75, 3.05) is 0 Å². The summed E-state index contributed by atoms with van der Waals surface area (Å²) in [5.41, 5.74) is 8.04. The molecule has 2 heteroatoms. The lowest BCUT2D eigenvalue weighted by Gasteiger charge is -2.08. The lowest BCUT2D eigenvalue weighted by Crippen LogP contribution is -2.15. The van der Waals surface area contributed by atoms with E-state index in [4.69, 9.17) is 17.3 Å². The fourth-order valence-electron chi connectivity index (χ4n) is 1.28. The Bertz CT molecular complexity index is 281. The second-order valence-corrected chi connectivity index (χ2v) is 3.94. The summed E-state index contributed by atoms with van der Waals surface area (Å²) in [4.78, 5) is 0. The van der Waals surface area contributed by atoms with E-state index in [2.05, 4.69) is 6.07 Å². The van der Waals surface area contributed by atoms with Crippen molar-refractivity contribution in [2.24, 2.45) is 5.73 Å². The Morgan fingerprint density at radius 2 is 2.15 bits per heavy atom. The summed E-state index contributed by atoms with van der Waals surface area (Å²) in [6, 6.07) is 6.38. The third-order valence-corrected chi connectivity index (χ3v) is 2.68. The first kappa shape index (κ1) is 10.6. The molecular weight excluding hydrogens is 182 g/mol. The first-order valence-electron chi connectivity index (χ1n) is 4.61. The van der Waals surface area contributed by atoms with Gasteiger partial charge in [-0.3, -0.25) is 0 Å². The average Bonchev–Trinajstić information content (AvgIpc) is 2.07. The summed E-state index contributed by atoms with van der Waals surface area (Å²) in [7, 11) is 0. The van der Waals surface area contributed by atoms with Crippen LogP contribution in [0.3, 0.4) is 0 Å². The van der Waals surface area contributed by atoms with Gasteiger partial charge in [-0.2, -0.15) is 0 Å². The van der Waals surface area contributed by atoms with Crippen molar-refractivity contribution in [3.05, 3.63) is 34.3 Å². The Morgan fingerprint density at radius 3 is 2.77 bits per heavy atom. The van der Waals surface area contributed by atoms with Crippen molar-refractivity contribution in [3.63, 3.8) is 0 Å². The molecule has 0 bridgehead atoms. The maximum atomic E-state index is 6.14. The smallest absolute Gasteiger partial charge is 0.0467 e. The number of hydrogen-bond acceptors (Lipinski definition) is 1. The maximum absolute atomic E-state index is 6.14. The molecule has 0 saturated carbocycles. The molecule has 0 aliphatic rings. The number of aryl methyl sites for hydroxylation is 2. The van der Waals surface area contributed by atoms with Crippen molar-refractivity contribution >= 4 is 11.6 Å². The van der Waals surface area contributed by atoms with Crippen LogP contribution in [0.4, 0.5) is 0 Å². The van der Waals surface area contributed by atoms with E-state index in [0.29, 0.717) is 0 Å². The molecule has 0 heterocycles. The van der Waals surface area contributed by atoms with Crippen LogP contribution < -0.4 is 5.73 Å². The molecule has 0 saturated heterocycles. The number of benzene rings is 1. The molecule has 1 atom stereocenters. The summed E-state index contributed by atoms with van der Waals surface area (Å²) in [5, 5.41) is 0.892. The lowest BCUT2D eigenvalue weighted by molar-refractivity contribution is 0.666. The predicted molar refractivity (Wildman–Crippen MR) is 58.2 cm³/mol. The Hall–Kier alpha value is -0.530. The van der Waals surface area contributed by atoms with E-state index < -0.39 is 0 Å². The van der Waals surface area contributed by atoms with E-state index in [9.17, 15) is 0 Å². The SMILES string of the molecule is Cc1cccc(CC[C@@H](C)N)c1Cl. The van der Waals surface area contributed by atoms with Crippen LogP contribution in [0, 0.1) is 6.92 Å². The van der Waals surface area contributed by atoms with Gasteiger partial charge in [-0.25, -0.2) is 0 Å². The van der Waals surface area contributed by atoms with Gasteiger partial charge in [0.1, 0.15) is 0 Å². The highest BCUT2D eigenvalue weighted by atomic mass is 35.5. The zero-order chi connectivity index (χ0) is 9.84. The zero-order valence-corrected chi connectivity index (χ0v) is 8.93. The maximum Gasteiger partial charge on any atom is 0.0467 e. The highest BCUT2D eigenvalue weighted by molar-refractivity contribution is 6.32. The first-order valence-corrected chi connectivity index (χ1v) is 4.98. The van der Waals surface area contributed by atoms with Gasteiger partial charge in [0.15, 0.2) is 0 Å². The minimum Gasteiger partial charge on any atom is -0.328 e. The number of hydrogen-bond donors (Lipinski definition) is 1. The number of rotatable bonds is 3. The van der Waals surface area contributed by atoms with Crippen LogP contribution >= 0.6 is 11.6 Å². The van der Waals surface area contributed by atoms with Gasteiger partial charge in [0.2, 0.25) is 0 Å². The van der Waals surface area contributed by atoms with Gasteiger partial charge in [0, 0.05) is 11.1 Å². The van der Waals surface area contributed by atoms with Gasteiger partial charge in [0.25, 0.3) is 0 Å². The first-order chi connectivity index (χ1) is 6.11. The second kappa shape index (κ2) is 4.64. The molecule has 0 fully saturated rings. The molecule has 0 spiro atoms. The predicted octanol–water partition coefficient (Wildman–Crippen LogP) is 2.93. The second-order valence-electron chi connectivity index (χ2n) is 3.56. The summed E-state index contributed by atoms with van der Waals surface area (Å²) >= 11 is 6.14. The van der Waals surface area contributed by atoms with E-state index in [-0.39, 0.29) is 6.04 Å². The van der Waals surface area contributed by atoms with Crippen LogP contribution in [0.1, 0.15) is 24.5 Å². The van der Waals surface area contributed by atoms with Crippen LogP contribution in [-0.4, -0.2) is 6.04 Å². The minimum atomic E-state index is 0.247. The van der Waals surface area contributed by atoms with E-state index in [1.165, 1.54) is 5.56 Å². The summed E-state index contributed by atoms with van der Waals surface area (Å²) in [6.07, 6.45) is 1.96. The molecule has 0 aromatic heterocycles. The molecule has 0 aliphatic carbocycles. The largest absolute Gasteiger partial charge is 0.328 e. The Labute approximate surface area is 84.9 Å². The highest BCUT2D eigenvalue weighted by Crippen LogP contribution is 2.21. The van der Waals surface area contributed by atoms with Gasteiger partial charge < -0.3 is 5.73 Å². The van der Waals surface area contributed by atoms with Crippen molar-refractivity contribution < 1.29 is 0 Å². The molecular formula is C11H16ClN. The summed E-state index contributed by atoms with van der Waals surface area (Å²) in [5.74, 6) is 0. The van der Waals surface area contributed by atoms with Gasteiger partial charge in [-0.05, 0) is 37.8 Å². The van der Waals surface area contributed by atoms with E-state index in [1.54, 1.807) is 0 Å². The van der Waals surface area contributed by atoms with Gasteiger partial charge in [0.05, 0.1) is 0 Å². The van der Waals surface area contributed by atoms with Crippen molar-refractivity contribution in [1.29, 1.82) is 0 Å². The summed E-state index contributed by atoms with van der Waals surface area (Å²) in [6.45, 7) is 4.04. The van der Waals surface area contributed by atoms with Crippen molar-refractivity contribution in [2.45, 2.75) is 32.7 Å². The van der Waals surface area contributed by atoms with Crippen LogP contribution in [0.25, 0.3) is 0 Å². The molecule has 0 unspecified atom stereocenters. The molecule has 1 rings (SSSR count). The van der Waals surface area contributed by atoms with Crippen molar-refractivity contribution in [1.82, 2.24) is 0 Å². The topological polar surface area (TPSA) is 26.0 Å². The highest BCUT2D eigenvalue weighted by Gasteiger charge is 2.03. The zero-order valence-electron chi connectivity index (χ0n) is 8.18. The fourth-order valence-corrected chi connectivity index (χ4v) is 1.50. The lowest BCUT2D eigenvalue weighted by atomic mass is 10.0. The molecule has 13 heavy (non-hydrogen) atoms. The van der Waals surface area contributed by atoms with Crippen LogP contribution in [0.2, 0.25) is 5.02 Å². The quantitative estimate of drug-likeness (QED) is 0.793. The Kier molecular flexibility index (Phi) is 3.76. The Balaban J connectivity index is 2.71. The molecule has 0 aliphatic heterocycles. The molecule has 72 valence electrons. The third kappa shape index (κ3) is 3.02. The average molecular weight is 198 g/mol. The fraction of sp³-hybridized carbons (Fsp3) is 0.455. The molecule has 1 aromatic rings. The number of nitrogens with two attached hydrogens (primary N) is 1. The normalized spacial score (nSPS) is 12.9. The van der Waals surface area contributed by atoms with E-state index in [1.807, 2.05) is 26.0 Å². The minimum absolute atomic E-state index is 0.247. The molecule has 0 radical (unpaired) electrons. The summed E-state index contributed by atoms with van der Waals surface area (Å²) < 4.78 is 0. The van der Waals surface area contributed by atoms with Crippen LogP contribution in [0.15, 0.2) is 18.2 Å². The molecule has 2 N–H and O–H groups in total. The van der Waals surface area contributed by atoms with Crippen LogP contribution in [-0.2, 0) is 6.42 Å². The van der Waals surface area contributed by atoms with Gasteiger partial charge >= 0.3 is 0 Å². The van der Waals surface area contributed by atoms with Crippen molar-refractivity contribution in [3.8, 4) is 0 Å². The number of halogens is 1. The van der Waals surface area contributed by atoms with Gasteiger partial charge in [-0.1, -0.05) is 29.8 Å². The van der Waals surface area contributed by atoms with Gasteiger partial charge in [-0.15, -0.1) is 0 Å². The molecule has 1 aromatic carbocycles. The molecule has 1 nitrogen and oxygen atoms in total. The molecule has 0 amide bonds. The Morgan fingerprint density at radius 1 is 1.46 bits per heavy atom. The van der Waals surface area contributed by atoms with E-state index in [0.717, 1.165) is 23.4 Å². The van der Waals surface area contributed by atoms with Crippen LogP contribution in [0.5, 0.6) is 0 Å². The van der Waals surface area contributed by atoms with E-state index >= 15 is 0 Å². The monoisotopic (exact) mass is 197 g/mol. The standard InChI is InChI=1S/C11H16ClN/c1-8-4-3-5-10(11(8)12)7-6-9(2)13/h3-5,9H,6-7,13H2,1-2H3/t9-/m1/s1. The third-order valence-electron chi connectivity index (χ3n) is 2.14.